The maximum Gasteiger partial charge on any atom is 0.0498 e. The van der Waals surface area contributed by atoms with Crippen molar-refractivity contribution in [2.24, 2.45) is 0 Å². The number of aromatic amines is 3. The molecule has 0 spiro atoms. The Labute approximate surface area is 312 Å². The second-order valence-corrected chi connectivity index (χ2v) is 16.4. The van der Waals surface area contributed by atoms with Crippen LogP contribution in [0, 0.1) is 0 Å². The largest absolute Gasteiger partial charge is 0.361 e. The van der Waals surface area contributed by atoms with Crippen LogP contribution < -0.4 is 0 Å². The Hall–Kier alpha value is -4.24. The number of allylic oxidation sites excluding steroid dienone is 2. The van der Waals surface area contributed by atoms with E-state index in [-0.39, 0.29) is 0 Å². The summed E-state index contributed by atoms with van der Waals surface area (Å²) in [5, 5.41) is 4.16. The fraction of sp³-hybridized carbons (Fsp3) is 0.429. The van der Waals surface area contributed by atoms with Crippen LogP contribution in [0.3, 0.4) is 0 Å². The van der Waals surface area contributed by atoms with Crippen molar-refractivity contribution in [1.29, 1.82) is 0 Å². The minimum absolute atomic E-state index is 0.672. The molecule has 3 nitrogen and oxygen atoms in total. The summed E-state index contributed by atoms with van der Waals surface area (Å²) < 4.78 is 0. The van der Waals surface area contributed by atoms with Gasteiger partial charge in [-0.1, -0.05) is 98.8 Å². The van der Waals surface area contributed by atoms with Gasteiger partial charge in [0, 0.05) is 51.3 Å². The molecule has 9 rings (SSSR count). The van der Waals surface area contributed by atoms with Gasteiger partial charge in [0.15, 0.2) is 0 Å². The first-order valence-corrected chi connectivity index (χ1v) is 20.4. The Bertz CT molecular complexity index is 2250. The van der Waals surface area contributed by atoms with Crippen molar-refractivity contribution in [3.05, 3.63) is 117 Å². The third-order valence-electron chi connectivity index (χ3n) is 12.5. The van der Waals surface area contributed by atoms with Crippen LogP contribution in [0.2, 0.25) is 0 Å². The molecule has 3 unspecified atom stereocenters. The molecular formula is C49H61N3. The predicted molar refractivity (Wildman–Crippen MR) is 227 cm³/mol. The maximum atomic E-state index is 3.45. The number of fused-ring (bicyclic) bond motifs is 9. The van der Waals surface area contributed by atoms with Gasteiger partial charge in [0.05, 0.1) is 0 Å². The second-order valence-electron chi connectivity index (χ2n) is 16.4. The first kappa shape index (κ1) is 36.1. The highest BCUT2D eigenvalue weighted by molar-refractivity contribution is 5.93. The Morgan fingerprint density at radius 2 is 1.02 bits per heavy atom. The molecule has 0 bridgehead atoms. The topological polar surface area (TPSA) is 47.4 Å². The van der Waals surface area contributed by atoms with E-state index in [0.29, 0.717) is 29.6 Å². The van der Waals surface area contributed by atoms with Crippen molar-refractivity contribution in [3.8, 4) is 0 Å². The minimum atomic E-state index is 0.672. The molecular weight excluding hydrogens is 631 g/mol. The average Bonchev–Trinajstić information content (AvgIpc) is 3.99. The summed E-state index contributed by atoms with van der Waals surface area (Å²) in [4.78, 5) is 10.3. The Balaban J connectivity index is 0.000000122. The van der Waals surface area contributed by atoms with Crippen molar-refractivity contribution in [3.63, 3.8) is 0 Å². The Morgan fingerprint density at radius 3 is 1.65 bits per heavy atom. The molecule has 3 aliphatic carbocycles. The lowest BCUT2D eigenvalue weighted by Gasteiger charge is -2.11. The van der Waals surface area contributed by atoms with Gasteiger partial charge in [0.1, 0.15) is 0 Å². The van der Waals surface area contributed by atoms with E-state index in [1.165, 1.54) is 68.7 Å². The molecule has 0 aliphatic heterocycles. The Kier molecular flexibility index (Phi) is 10.4. The molecule has 3 heterocycles. The van der Waals surface area contributed by atoms with Gasteiger partial charge in [-0.3, -0.25) is 0 Å². The number of H-pyrrole nitrogens is 3. The molecule has 272 valence electrons. The van der Waals surface area contributed by atoms with E-state index in [1.54, 1.807) is 33.4 Å². The minimum Gasteiger partial charge on any atom is -0.361 e. The third kappa shape index (κ3) is 6.39. The molecule has 0 saturated heterocycles. The molecule has 0 fully saturated rings. The van der Waals surface area contributed by atoms with Gasteiger partial charge in [-0.05, 0) is 148 Å². The molecule has 3 aliphatic rings. The molecule has 6 atom stereocenters. The van der Waals surface area contributed by atoms with E-state index in [1.807, 2.05) is 0 Å². The molecule has 0 radical (unpaired) electrons. The summed E-state index contributed by atoms with van der Waals surface area (Å²) in [6, 6.07) is 13.8. The SMILES string of the molecule is CCC=Cc1cc2c(c3[nH]ccc13)[C@@H](C)CC2C.CCC=Cc1cc2cc[nH]c2c2c1C(C)C[C@@H]2C.CCc1cc2c(c3[nH]ccc13)[C@@H](C)CC2C. The van der Waals surface area contributed by atoms with Crippen LogP contribution in [0.5, 0.6) is 0 Å². The number of hydrogen-bond donors (Lipinski definition) is 3. The summed E-state index contributed by atoms with van der Waals surface area (Å²) >= 11 is 0. The van der Waals surface area contributed by atoms with Crippen LogP contribution in [0.25, 0.3) is 44.9 Å². The molecule has 52 heavy (non-hydrogen) atoms. The van der Waals surface area contributed by atoms with Crippen LogP contribution in [-0.2, 0) is 6.42 Å². The highest BCUT2D eigenvalue weighted by Crippen LogP contribution is 2.48. The van der Waals surface area contributed by atoms with Crippen LogP contribution in [-0.4, -0.2) is 15.0 Å². The molecule has 0 amide bonds. The van der Waals surface area contributed by atoms with Crippen molar-refractivity contribution in [1.82, 2.24) is 15.0 Å². The summed E-state index contributed by atoms with van der Waals surface area (Å²) in [6.07, 6.45) is 22.5. The second kappa shape index (κ2) is 15.0. The first-order chi connectivity index (χ1) is 25.2. The fourth-order valence-electron chi connectivity index (χ4n) is 10.2. The average molecular weight is 692 g/mol. The molecule has 3 N–H and O–H groups in total. The number of aryl methyl sites for hydroxylation is 1. The van der Waals surface area contributed by atoms with Crippen molar-refractivity contribution < 1.29 is 0 Å². The van der Waals surface area contributed by atoms with Crippen molar-refractivity contribution in [2.75, 3.05) is 0 Å². The standard InChI is InChI=1S/2C17H21N.C15H19N/c1-4-5-6-13-10-15-11(2)9-12(3)16(15)17-14(13)7-8-18-17;1-4-5-6-13-10-14-7-8-18-17(14)16-12(3)9-11(2)15(13)16;1-4-11-8-13-9(2)7-10(3)14(13)15-12(11)5-6-16-15/h2*5-8,10-12,18H,4,9H2,1-3H3;5-6,8-10,16H,4,7H2,1-3H3/t2*11?,12-;9?,10-/m000/s1. The summed E-state index contributed by atoms with van der Waals surface area (Å²) in [5.41, 5.74) is 17.8. The number of hydrogen-bond acceptors (Lipinski definition) is 0. The monoisotopic (exact) mass is 691 g/mol. The molecule has 3 aromatic carbocycles. The van der Waals surface area contributed by atoms with Gasteiger partial charge in [-0.15, -0.1) is 0 Å². The lowest BCUT2D eigenvalue weighted by atomic mass is 9.94. The number of rotatable bonds is 5. The van der Waals surface area contributed by atoms with Crippen LogP contribution in [0.4, 0.5) is 0 Å². The molecule has 3 heteroatoms. The zero-order valence-corrected chi connectivity index (χ0v) is 33.2. The Morgan fingerprint density at radius 1 is 0.519 bits per heavy atom. The zero-order valence-electron chi connectivity index (χ0n) is 33.2. The van der Waals surface area contributed by atoms with E-state index in [2.05, 4.69) is 157 Å². The van der Waals surface area contributed by atoms with Gasteiger partial charge in [-0.25, -0.2) is 0 Å². The van der Waals surface area contributed by atoms with E-state index >= 15 is 0 Å². The number of aromatic nitrogens is 3. The van der Waals surface area contributed by atoms with Crippen molar-refractivity contribution >= 4 is 44.9 Å². The predicted octanol–water partition coefficient (Wildman–Crippen LogP) is 14.7. The summed E-state index contributed by atoms with van der Waals surface area (Å²) in [6.45, 7) is 20.8. The van der Waals surface area contributed by atoms with Gasteiger partial charge >= 0.3 is 0 Å². The van der Waals surface area contributed by atoms with Gasteiger partial charge in [0.25, 0.3) is 0 Å². The lowest BCUT2D eigenvalue weighted by molar-refractivity contribution is 0.662. The highest BCUT2D eigenvalue weighted by Gasteiger charge is 2.31. The van der Waals surface area contributed by atoms with Gasteiger partial charge in [0.2, 0.25) is 0 Å². The normalized spacial score (nSPS) is 23.3. The fourth-order valence-corrected chi connectivity index (χ4v) is 10.2. The summed E-state index contributed by atoms with van der Waals surface area (Å²) in [7, 11) is 0. The van der Waals surface area contributed by atoms with Crippen molar-refractivity contribution in [2.45, 2.75) is 136 Å². The van der Waals surface area contributed by atoms with Crippen LogP contribution in [0.1, 0.15) is 180 Å². The first-order valence-electron chi connectivity index (χ1n) is 20.4. The van der Waals surface area contributed by atoms with E-state index in [4.69, 9.17) is 0 Å². The quantitative estimate of drug-likeness (QED) is 0.161. The van der Waals surface area contributed by atoms with Crippen LogP contribution >= 0.6 is 0 Å². The molecule has 0 saturated carbocycles. The third-order valence-corrected chi connectivity index (χ3v) is 12.5. The smallest absolute Gasteiger partial charge is 0.0498 e. The number of benzene rings is 3. The van der Waals surface area contributed by atoms with Gasteiger partial charge < -0.3 is 15.0 Å². The van der Waals surface area contributed by atoms with Gasteiger partial charge in [-0.2, -0.15) is 0 Å². The van der Waals surface area contributed by atoms with Crippen LogP contribution in [0.15, 0.2) is 67.1 Å². The van der Waals surface area contributed by atoms with E-state index in [9.17, 15) is 0 Å². The molecule has 6 aromatic rings. The number of nitrogens with one attached hydrogen (secondary N) is 3. The highest BCUT2D eigenvalue weighted by atomic mass is 14.7. The maximum absolute atomic E-state index is 3.45. The summed E-state index contributed by atoms with van der Waals surface area (Å²) in [5.74, 6) is 4.15. The molecule has 3 aromatic heterocycles. The lowest BCUT2D eigenvalue weighted by Crippen LogP contribution is -1.93. The zero-order chi connectivity index (χ0) is 36.7. The van der Waals surface area contributed by atoms with E-state index in [0.717, 1.165) is 25.2 Å². The van der Waals surface area contributed by atoms with E-state index < -0.39 is 0 Å².